The van der Waals surface area contributed by atoms with Gasteiger partial charge in [-0.2, -0.15) is 0 Å². The molecule has 0 bridgehead atoms. The molecule has 1 aromatic rings. The maximum atomic E-state index is 5.13. The number of rotatable bonds is 4. The normalized spacial score (nSPS) is 9.23. The van der Waals surface area contributed by atoms with Gasteiger partial charge >= 0.3 is 0 Å². The van der Waals surface area contributed by atoms with Crippen molar-refractivity contribution in [1.29, 1.82) is 0 Å². The van der Waals surface area contributed by atoms with Crippen LogP contribution in [0.3, 0.4) is 0 Å². The number of anilines is 1. The average Bonchev–Trinajstić information content (AvgIpc) is 2.13. The number of terminal acetylenes is 1. The lowest BCUT2D eigenvalue weighted by Crippen LogP contribution is -2.03. The number of nitrogens with one attached hydrogen (secondary N) is 1. The highest BCUT2D eigenvalue weighted by Gasteiger charge is 1.92. The molecule has 68 valence electrons. The minimum Gasteiger partial charge on any atom is -0.370 e. The van der Waals surface area contributed by atoms with Gasteiger partial charge in [-0.1, -0.05) is 0 Å². The second-order valence-electron chi connectivity index (χ2n) is 2.72. The lowest BCUT2D eigenvalue weighted by Gasteiger charge is -2.03. The van der Waals surface area contributed by atoms with Crippen molar-refractivity contribution >= 4 is 5.82 Å². The van der Waals surface area contributed by atoms with Crippen LogP contribution in [0.2, 0.25) is 0 Å². The number of hydrogen-bond donors (Lipinski definition) is 1. The molecule has 3 nitrogen and oxygen atoms in total. The van der Waals surface area contributed by atoms with E-state index in [0.717, 1.165) is 31.0 Å². The van der Waals surface area contributed by atoms with E-state index in [1.807, 2.05) is 13.0 Å². The van der Waals surface area contributed by atoms with E-state index in [1.54, 1.807) is 6.20 Å². The largest absolute Gasteiger partial charge is 0.370 e. The van der Waals surface area contributed by atoms with E-state index in [-0.39, 0.29) is 0 Å². The summed E-state index contributed by atoms with van der Waals surface area (Å²) in [6.07, 6.45) is 8.65. The molecule has 1 rings (SSSR count). The molecule has 0 saturated carbocycles. The van der Waals surface area contributed by atoms with Crippen molar-refractivity contribution in [3.05, 3.63) is 18.1 Å². The quantitative estimate of drug-likeness (QED) is 0.558. The van der Waals surface area contributed by atoms with Crippen molar-refractivity contribution in [1.82, 2.24) is 9.97 Å². The first-order valence-corrected chi connectivity index (χ1v) is 4.30. The Morgan fingerprint density at radius 1 is 1.62 bits per heavy atom. The molecule has 0 aliphatic rings. The Kier molecular flexibility index (Phi) is 3.77. The predicted molar refractivity (Wildman–Crippen MR) is 53.3 cm³/mol. The molecule has 0 radical (unpaired) electrons. The van der Waals surface area contributed by atoms with E-state index < -0.39 is 0 Å². The van der Waals surface area contributed by atoms with Crippen molar-refractivity contribution < 1.29 is 0 Å². The minimum absolute atomic E-state index is 0.780. The monoisotopic (exact) mass is 175 g/mol. The Bertz CT molecular complexity index is 301. The Morgan fingerprint density at radius 2 is 2.46 bits per heavy atom. The molecular weight excluding hydrogens is 162 g/mol. The summed E-state index contributed by atoms with van der Waals surface area (Å²) in [5.41, 5.74) is 0. The van der Waals surface area contributed by atoms with Crippen LogP contribution in [-0.2, 0) is 0 Å². The Balaban J connectivity index is 2.33. The van der Waals surface area contributed by atoms with E-state index in [4.69, 9.17) is 6.42 Å². The van der Waals surface area contributed by atoms with Crippen molar-refractivity contribution in [3.8, 4) is 12.3 Å². The molecule has 0 atom stereocenters. The van der Waals surface area contributed by atoms with Gasteiger partial charge in [-0.25, -0.2) is 9.97 Å². The van der Waals surface area contributed by atoms with Gasteiger partial charge in [-0.15, -0.1) is 12.3 Å². The first-order valence-electron chi connectivity index (χ1n) is 4.30. The van der Waals surface area contributed by atoms with Gasteiger partial charge in [0.2, 0.25) is 0 Å². The Labute approximate surface area is 78.6 Å². The lowest BCUT2D eigenvalue weighted by atomic mass is 10.3. The summed E-state index contributed by atoms with van der Waals surface area (Å²) in [5, 5.41) is 3.17. The van der Waals surface area contributed by atoms with Crippen LogP contribution in [0.4, 0.5) is 5.82 Å². The van der Waals surface area contributed by atoms with Crippen molar-refractivity contribution in [3.63, 3.8) is 0 Å². The summed E-state index contributed by atoms with van der Waals surface area (Å²) in [5.74, 6) is 4.24. The van der Waals surface area contributed by atoms with Gasteiger partial charge in [0, 0.05) is 19.2 Å². The zero-order chi connectivity index (χ0) is 9.52. The number of hydrogen-bond acceptors (Lipinski definition) is 3. The van der Waals surface area contributed by atoms with Crippen LogP contribution in [0.15, 0.2) is 12.3 Å². The molecule has 1 aromatic heterocycles. The molecule has 0 amide bonds. The number of unbranched alkanes of at least 4 members (excludes halogenated alkanes) is 1. The van der Waals surface area contributed by atoms with E-state index >= 15 is 0 Å². The van der Waals surface area contributed by atoms with Gasteiger partial charge in [0.05, 0.1) is 0 Å². The molecule has 0 aromatic carbocycles. The fourth-order valence-corrected chi connectivity index (χ4v) is 0.962. The number of aromatic nitrogens is 2. The molecule has 0 saturated heterocycles. The maximum Gasteiger partial charge on any atom is 0.129 e. The van der Waals surface area contributed by atoms with Crippen molar-refractivity contribution in [2.24, 2.45) is 0 Å². The van der Waals surface area contributed by atoms with Gasteiger partial charge in [0.15, 0.2) is 0 Å². The van der Waals surface area contributed by atoms with E-state index in [9.17, 15) is 0 Å². The maximum absolute atomic E-state index is 5.13. The second-order valence-corrected chi connectivity index (χ2v) is 2.72. The highest BCUT2D eigenvalue weighted by atomic mass is 15.0. The summed E-state index contributed by atoms with van der Waals surface area (Å²) >= 11 is 0. The molecule has 13 heavy (non-hydrogen) atoms. The Hall–Kier alpha value is -1.56. The summed E-state index contributed by atoms with van der Waals surface area (Å²) in [4.78, 5) is 8.20. The molecule has 0 aliphatic carbocycles. The lowest BCUT2D eigenvalue weighted by molar-refractivity contribution is 0.895. The topological polar surface area (TPSA) is 37.8 Å². The number of aryl methyl sites for hydroxylation is 1. The van der Waals surface area contributed by atoms with Gasteiger partial charge < -0.3 is 5.32 Å². The zero-order valence-electron chi connectivity index (χ0n) is 7.75. The fourth-order valence-electron chi connectivity index (χ4n) is 0.962. The van der Waals surface area contributed by atoms with Gasteiger partial charge in [-0.3, -0.25) is 0 Å². The van der Waals surface area contributed by atoms with Gasteiger partial charge in [0.25, 0.3) is 0 Å². The smallest absolute Gasteiger partial charge is 0.129 e. The van der Waals surface area contributed by atoms with Crippen molar-refractivity contribution in [2.45, 2.75) is 19.8 Å². The van der Waals surface area contributed by atoms with E-state index in [2.05, 4.69) is 21.2 Å². The molecule has 3 heteroatoms. The molecule has 0 spiro atoms. The Morgan fingerprint density at radius 3 is 3.15 bits per heavy atom. The van der Waals surface area contributed by atoms with Crippen LogP contribution in [-0.4, -0.2) is 16.5 Å². The molecule has 1 heterocycles. The van der Waals surface area contributed by atoms with Crippen LogP contribution in [0.1, 0.15) is 18.7 Å². The minimum atomic E-state index is 0.780. The third-order valence-corrected chi connectivity index (χ3v) is 1.58. The average molecular weight is 175 g/mol. The predicted octanol–water partition coefficient (Wildman–Crippen LogP) is 1.61. The molecule has 0 unspecified atom stereocenters. The molecule has 0 aliphatic heterocycles. The first-order chi connectivity index (χ1) is 6.33. The summed E-state index contributed by atoms with van der Waals surface area (Å²) in [7, 11) is 0. The van der Waals surface area contributed by atoms with E-state index in [0.29, 0.717) is 0 Å². The zero-order valence-corrected chi connectivity index (χ0v) is 7.75. The highest BCUT2D eigenvalue weighted by Crippen LogP contribution is 2.01. The first kappa shape index (κ1) is 9.53. The van der Waals surface area contributed by atoms with Gasteiger partial charge in [-0.05, 0) is 19.4 Å². The van der Waals surface area contributed by atoms with Crippen LogP contribution in [0, 0.1) is 19.3 Å². The summed E-state index contributed by atoms with van der Waals surface area (Å²) in [6, 6.07) is 1.85. The van der Waals surface area contributed by atoms with Crippen LogP contribution >= 0.6 is 0 Å². The highest BCUT2D eigenvalue weighted by molar-refractivity contribution is 5.32. The van der Waals surface area contributed by atoms with Crippen LogP contribution < -0.4 is 5.32 Å². The SMILES string of the molecule is C#CCCCNc1ccnc(C)n1. The number of nitrogens with zero attached hydrogens (tertiary/aromatic N) is 2. The molecular formula is C10H13N3. The van der Waals surface area contributed by atoms with Crippen molar-refractivity contribution in [2.75, 3.05) is 11.9 Å². The third-order valence-electron chi connectivity index (χ3n) is 1.58. The van der Waals surface area contributed by atoms with Gasteiger partial charge in [0.1, 0.15) is 11.6 Å². The van der Waals surface area contributed by atoms with Crippen LogP contribution in [0.5, 0.6) is 0 Å². The summed E-state index contributed by atoms with van der Waals surface area (Å²) in [6.45, 7) is 2.73. The summed E-state index contributed by atoms with van der Waals surface area (Å²) < 4.78 is 0. The fraction of sp³-hybridized carbons (Fsp3) is 0.400. The van der Waals surface area contributed by atoms with Crippen LogP contribution in [0.25, 0.3) is 0 Å². The standard InChI is InChI=1S/C10H13N3/c1-3-4-5-7-12-10-6-8-11-9(2)13-10/h1,6,8H,4-5,7H2,2H3,(H,11,12,13). The van der Waals surface area contributed by atoms with E-state index in [1.165, 1.54) is 0 Å². The second kappa shape index (κ2) is 5.15. The molecule has 0 fully saturated rings. The third kappa shape index (κ3) is 3.57. The molecule has 1 N–H and O–H groups in total.